The summed E-state index contributed by atoms with van der Waals surface area (Å²) in [6.45, 7) is 1.22. The van der Waals surface area contributed by atoms with Crippen LogP contribution in [0.4, 0.5) is 0 Å². The van der Waals surface area contributed by atoms with Gasteiger partial charge >= 0.3 is 21.3 Å². The monoisotopic (exact) mass is 705 g/mol. The minimum absolute atomic E-state index is 0.0295. The predicted molar refractivity (Wildman–Crippen MR) is 149 cm³/mol. The van der Waals surface area contributed by atoms with Crippen molar-refractivity contribution in [2.24, 2.45) is 0 Å². The Morgan fingerprint density at radius 1 is 1.02 bits per heavy atom. The van der Waals surface area contributed by atoms with Gasteiger partial charge in [-0.2, -0.15) is 4.31 Å². The highest BCUT2D eigenvalue weighted by Crippen LogP contribution is 2.61. The van der Waals surface area contributed by atoms with E-state index in [1.807, 2.05) is 0 Å². The maximum Gasteiger partial charge on any atom is 0.483 e. The Bertz CT molecular complexity index is 1490. The molecule has 0 spiro atoms. The van der Waals surface area contributed by atoms with Crippen LogP contribution in [-0.2, 0) is 32.0 Å². The molecule has 2 saturated heterocycles. The number of H-pyrrole nitrogens is 1. The van der Waals surface area contributed by atoms with Gasteiger partial charge in [-0.05, 0) is 19.4 Å². The molecule has 1 aliphatic carbocycles. The maximum absolute atomic E-state index is 12.6. The fourth-order valence-electron chi connectivity index (χ4n) is 5.22. The third-order valence-corrected chi connectivity index (χ3v) is 10.3. The zero-order valence-electron chi connectivity index (χ0n) is 24.2. The molecule has 4 rings (SSSR count). The fraction of sp³-hybridized carbons (Fsp3) is 0.739. The molecule has 2 fully saturated rings. The predicted octanol–water partition coefficient (Wildman–Crippen LogP) is -4.45. The molecule has 3 heterocycles. The number of nitrogens with one attached hydrogen (secondary N) is 2. The Hall–Kier alpha value is -1.72. The van der Waals surface area contributed by atoms with Crippen molar-refractivity contribution in [2.45, 2.75) is 93.7 Å². The minimum Gasteiger partial charge on any atom is -0.392 e. The van der Waals surface area contributed by atoms with Gasteiger partial charge < -0.3 is 60.3 Å². The van der Waals surface area contributed by atoms with Crippen molar-refractivity contribution in [3.63, 3.8) is 0 Å². The van der Waals surface area contributed by atoms with Crippen LogP contribution in [-0.4, -0.2) is 136 Å². The average Bonchev–Trinajstić information content (AvgIpc) is 3.33. The van der Waals surface area contributed by atoms with Crippen LogP contribution in [0, 0.1) is 6.92 Å². The first-order chi connectivity index (χ1) is 21.3. The molecule has 0 saturated carbocycles. The summed E-state index contributed by atoms with van der Waals surface area (Å²) in [5.74, 6) is 0. The molecule has 11 N–H and O–H groups in total. The smallest absolute Gasteiger partial charge is 0.392 e. The summed E-state index contributed by atoms with van der Waals surface area (Å²) in [4.78, 5) is 45.9. The van der Waals surface area contributed by atoms with Gasteiger partial charge in [0.25, 0.3) is 5.56 Å². The van der Waals surface area contributed by atoms with E-state index in [0.29, 0.717) is 0 Å². The van der Waals surface area contributed by atoms with E-state index in [9.17, 15) is 64.3 Å². The van der Waals surface area contributed by atoms with E-state index in [4.69, 9.17) is 14.0 Å². The third kappa shape index (κ3) is 8.28. The fourth-order valence-corrected chi connectivity index (χ4v) is 7.38. The summed E-state index contributed by atoms with van der Waals surface area (Å²) in [7, 11) is -11.0. The lowest BCUT2D eigenvalue weighted by molar-refractivity contribution is -0.248. The standard InChI is InChI=1S/C23H37N3O18P2/c1-8-5-26(23(35)25-21(8)34)14-4-12(28)13(42-14)7-40-45(36,37)44-46(38,39)43-22-20(33)18(31)15(9(2)41-22)24-11-3-10(6-27)16(29)19(32)17(11)30/h3,5,9,11-20,22,24,27-33H,4,6-7H2,1-2H3,(H,36,37)(H,38,39)(H,25,34,35)/t9?,11?,12-,13?,14?,15+,16+,17-,18?,19?,20+,22+/m0/s1. The Morgan fingerprint density at radius 2 is 1.70 bits per heavy atom. The van der Waals surface area contributed by atoms with Crippen molar-refractivity contribution in [1.82, 2.24) is 14.9 Å². The second kappa shape index (κ2) is 14.4. The van der Waals surface area contributed by atoms with Crippen LogP contribution in [0.2, 0.25) is 0 Å². The van der Waals surface area contributed by atoms with Gasteiger partial charge in [0.2, 0.25) is 0 Å². The normalized spacial score (nSPS) is 39.4. The highest BCUT2D eigenvalue weighted by atomic mass is 31.3. The van der Waals surface area contributed by atoms with Gasteiger partial charge in [-0.15, -0.1) is 0 Å². The van der Waals surface area contributed by atoms with Crippen LogP contribution in [0.5, 0.6) is 0 Å². The summed E-state index contributed by atoms with van der Waals surface area (Å²) in [6.07, 6.45) is -13.6. The Balaban J connectivity index is 1.33. The largest absolute Gasteiger partial charge is 0.483 e. The highest BCUT2D eigenvalue weighted by molar-refractivity contribution is 7.61. The Kier molecular flexibility index (Phi) is 11.6. The number of aryl methyl sites for hydroxylation is 1. The van der Waals surface area contributed by atoms with Crippen molar-refractivity contribution in [2.75, 3.05) is 13.2 Å². The minimum atomic E-state index is -5.59. The number of ether oxygens (including phenoxy) is 2. The van der Waals surface area contributed by atoms with Crippen molar-refractivity contribution in [1.29, 1.82) is 0 Å². The number of aromatic amines is 1. The average molecular weight is 706 g/mol. The third-order valence-electron chi connectivity index (χ3n) is 7.74. The molecule has 1 aromatic rings. The molecule has 3 aliphatic rings. The summed E-state index contributed by atoms with van der Waals surface area (Å²) in [5, 5.41) is 74.0. The lowest BCUT2D eigenvalue weighted by Crippen LogP contribution is -2.66. The Labute approximate surface area is 259 Å². The summed E-state index contributed by atoms with van der Waals surface area (Å²) >= 11 is 0. The first-order valence-electron chi connectivity index (χ1n) is 13.8. The molecule has 46 heavy (non-hydrogen) atoms. The summed E-state index contributed by atoms with van der Waals surface area (Å²) < 4.78 is 50.5. The maximum atomic E-state index is 12.6. The van der Waals surface area contributed by atoms with E-state index in [1.54, 1.807) is 0 Å². The quantitative estimate of drug-likeness (QED) is 0.0764. The molecule has 1 aromatic heterocycles. The van der Waals surface area contributed by atoms with Crippen LogP contribution >= 0.6 is 15.6 Å². The molecule has 21 nitrogen and oxygen atoms in total. The molecule has 0 radical (unpaired) electrons. The first-order valence-corrected chi connectivity index (χ1v) is 16.8. The molecular weight excluding hydrogens is 668 g/mol. The highest BCUT2D eigenvalue weighted by Gasteiger charge is 2.49. The van der Waals surface area contributed by atoms with Crippen LogP contribution in [0.3, 0.4) is 0 Å². The number of hydrogen-bond acceptors (Lipinski definition) is 17. The van der Waals surface area contributed by atoms with Gasteiger partial charge in [-0.25, -0.2) is 13.9 Å². The number of hydrogen-bond donors (Lipinski definition) is 11. The van der Waals surface area contributed by atoms with Gasteiger partial charge in [0.05, 0.1) is 37.5 Å². The van der Waals surface area contributed by atoms with E-state index < -0.39 is 114 Å². The number of nitrogens with zero attached hydrogens (tertiary/aromatic N) is 1. The number of aliphatic hydroxyl groups excluding tert-OH is 7. The number of phosphoric acid groups is 2. The zero-order chi connectivity index (χ0) is 34.3. The van der Waals surface area contributed by atoms with E-state index in [0.717, 1.165) is 4.57 Å². The van der Waals surface area contributed by atoms with Gasteiger partial charge in [0.15, 0.2) is 6.29 Å². The SMILES string of the molecule is Cc1cn(C2C[C@H](O)C(COP(=O)(O)OP(=O)(O)O[C@H]3OC(C)[C@@H](NC4C=C(CO)[C@@H](O)C(O)[C@H]4O)C(O)[C@H]3O)O2)c(=O)[nH]c1=O. The molecular formula is C23H37N3O18P2. The van der Waals surface area contributed by atoms with E-state index in [2.05, 4.69) is 19.1 Å². The molecule has 2 aliphatic heterocycles. The molecule has 0 bridgehead atoms. The van der Waals surface area contributed by atoms with Crippen molar-refractivity contribution in [3.8, 4) is 0 Å². The number of rotatable bonds is 11. The zero-order valence-corrected chi connectivity index (χ0v) is 26.0. The topological polar surface area (TPSA) is 329 Å². The van der Waals surface area contributed by atoms with Gasteiger partial charge in [-0.3, -0.25) is 23.4 Å². The van der Waals surface area contributed by atoms with Gasteiger partial charge in [0.1, 0.15) is 42.9 Å². The number of aromatic nitrogens is 2. The van der Waals surface area contributed by atoms with Crippen LogP contribution in [0.15, 0.2) is 27.4 Å². The first kappa shape index (κ1) is 37.1. The van der Waals surface area contributed by atoms with Crippen molar-refractivity contribution < 1.29 is 77.5 Å². The Morgan fingerprint density at radius 3 is 2.35 bits per heavy atom. The molecule has 23 heteroatoms. The summed E-state index contributed by atoms with van der Waals surface area (Å²) in [5.41, 5.74) is -1.33. The summed E-state index contributed by atoms with van der Waals surface area (Å²) in [6, 6.07) is -2.38. The van der Waals surface area contributed by atoms with Gasteiger partial charge in [0, 0.05) is 18.2 Å². The second-order valence-electron chi connectivity index (χ2n) is 11.1. The lowest BCUT2D eigenvalue weighted by atomic mass is 9.86. The second-order valence-corrected chi connectivity index (χ2v) is 14.1. The number of phosphoric ester groups is 2. The number of aliphatic hydroxyl groups is 7. The molecule has 0 aromatic carbocycles. The molecule has 0 amide bonds. The van der Waals surface area contributed by atoms with E-state index >= 15 is 0 Å². The molecule has 14 atom stereocenters. The van der Waals surface area contributed by atoms with Crippen LogP contribution in [0.25, 0.3) is 0 Å². The van der Waals surface area contributed by atoms with E-state index in [-0.39, 0.29) is 17.6 Å². The lowest BCUT2D eigenvalue weighted by Gasteiger charge is -2.44. The van der Waals surface area contributed by atoms with Crippen LogP contribution in [0.1, 0.15) is 25.1 Å². The van der Waals surface area contributed by atoms with Gasteiger partial charge in [-0.1, -0.05) is 6.08 Å². The van der Waals surface area contributed by atoms with Crippen molar-refractivity contribution >= 4 is 15.6 Å². The molecule has 262 valence electrons. The van der Waals surface area contributed by atoms with E-state index in [1.165, 1.54) is 26.1 Å². The molecule has 8 unspecified atom stereocenters. The van der Waals surface area contributed by atoms with Crippen LogP contribution < -0.4 is 16.6 Å². The van der Waals surface area contributed by atoms with Crippen molar-refractivity contribution in [3.05, 3.63) is 44.2 Å².